The van der Waals surface area contributed by atoms with E-state index < -0.39 is 5.97 Å². The standard InChI is InChI=1S/C18H16N2O4/c1-2-10-24-14-9-4-3-6-11(14)16-19-15-12(17(21)20-16)7-5-8-13(15)18(22)23/h3-9H,2,10H2,1H3,(H,22,23)(H,19,20,21). The number of aromatic amines is 1. The van der Waals surface area contributed by atoms with Crippen LogP contribution in [0.25, 0.3) is 22.3 Å². The maximum atomic E-state index is 12.3. The number of ether oxygens (including phenoxy) is 1. The number of benzene rings is 2. The Labute approximate surface area is 137 Å². The Bertz CT molecular complexity index is 963. The lowest BCUT2D eigenvalue weighted by Gasteiger charge is -2.11. The SMILES string of the molecule is CCCOc1ccccc1-c1nc2c(C(=O)O)cccc2c(=O)[nH]1. The Morgan fingerprint density at radius 3 is 2.75 bits per heavy atom. The summed E-state index contributed by atoms with van der Waals surface area (Å²) in [5.41, 5.74) is 0.384. The molecule has 2 N–H and O–H groups in total. The van der Waals surface area contributed by atoms with Crippen LogP contribution < -0.4 is 10.3 Å². The molecule has 1 aromatic heterocycles. The molecule has 0 spiro atoms. The summed E-state index contributed by atoms with van der Waals surface area (Å²) in [7, 11) is 0. The fourth-order valence-electron chi connectivity index (χ4n) is 2.46. The van der Waals surface area contributed by atoms with Gasteiger partial charge in [0.15, 0.2) is 0 Å². The molecule has 0 aliphatic heterocycles. The lowest BCUT2D eigenvalue weighted by Crippen LogP contribution is -2.12. The van der Waals surface area contributed by atoms with Crippen molar-refractivity contribution in [1.82, 2.24) is 9.97 Å². The molecule has 0 saturated carbocycles. The van der Waals surface area contributed by atoms with E-state index in [0.29, 0.717) is 17.9 Å². The molecule has 0 radical (unpaired) electrons. The van der Waals surface area contributed by atoms with Crippen LogP contribution in [-0.4, -0.2) is 27.7 Å². The van der Waals surface area contributed by atoms with E-state index in [1.807, 2.05) is 13.0 Å². The van der Waals surface area contributed by atoms with Crippen molar-refractivity contribution >= 4 is 16.9 Å². The number of fused-ring (bicyclic) bond motifs is 1. The summed E-state index contributed by atoms with van der Waals surface area (Å²) in [6, 6.07) is 11.7. The number of nitrogens with zero attached hydrogens (tertiary/aromatic N) is 1. The van der Waals surface area contributed by atoms with Crippen molar-refractivity contribution in [2.45, 2.75) is 13.3 Å². The zero-order valence-corrected chi connectivity index (χ0v) is 13.1. The van der Waals surface area contributed by atoms with E-state index in [1.165, 1.54) is 12.1 Å². The van der Waals surface area contributed by atoms with Gasteiger partial charge in [-0.2, -0.15) is 0 Å². The summed E-state index contributed by atoms with van der Waals surface area (Å²) < 4.78 is 5.69. The molecular weight excluding hydrogens is 308 g/mol. The first-order chi connectivity index (χ1) is 11.6. The minimum atomic E-state index is -1.12. The third-order valence-electron chi connectivity index (χ3n) is 3.57. The van der Waals surface area contributed by atoms with E-state index in [4.69, 9.17) is 4.74 Å². The minimum Gasteiger partial charge on any atom is -0.493 e. The van der Waals surface area contributed by atoms with Crippen molar-refractivity contribution in [3.05, 3.63) is 58.4 Å². The second kappa shape index (κ2) is 6.54. The predicted molar refractivity (Wildman–Crippen MR) is 90.5 cm³/mol. The first-order valence-corrected chi connectivity index (χ1v) is 7.60. The summed E-state index contributed by atoms with van der Waals surface area (Å²) in [4.78, 5) is 30.8. The molecule has 0 aliphatic rings. The Kier molecular flexibility index (Phi) is 4.29. The highest BCUT2D eigenvalue weighted by Crippen LogP contribution is 2.28. The first kappa shape index (κ1) is 15.7. The summed E-state index contributed by atoms with van der Waals surface area (Å²) >= 11 is 0. The molecule has 24 heavy (non-hydrogen) atoms. The minimum absolute atomic E-state index is 0.00759. The fraction of sp³-hybridized carbons (Fsp3) is 0.167. The highest BCUT2D eigenvalue weighted by molar-refractivity contribution is 6.01. The molecule has 6 nitrogen and oxygen atoms in total. The molecule has 0 aliphatic carbocycles. The van der Waals surface area contributed by atoms with Gasteiger partial charge in [-0.05, 0) is 30.7 Å². The number of hydrogen-bond donors (Lipinski definition) is 2. The normalized spacial score (nSPS) is 10.7. The number of carbonyl (C=O) groups is 1. The number of aromatic nitrogens is 2. The molecule has 0 amide bonds. The maximum absolute atomic E-state index is 12.3. The van der Waals surface area contributed by atoms with Crippen LogP contribution in [0.4, 0.5) is 0 Å². The third kappa shape index (κ3) is 2.86. The second-order valence-corrected chi connectivity index (χ2v) is 5.27. The smallest absolute Gasteiger partial charge is 0.337 e. The number of carboxylic acid groups (broad SMARTS) is 1. The summed E-state index contributed by atoms with van der Waals surface area (Å²) in [6.07, 6.45) is 0.846. The van der Waals surface area contributed by atoms with Gasteiger partial charge < -0.3 is 14.8 Å². The first-order valence-electron chi connectivity index (χ1n) is 7.60. The number of hydrogen-bond acceptors (Lipinski definition) is 4. The van der Waals surface area contributed by atoms with Gasteiger partial charge in [0.2, 0.25) is 0 Å². The van der Waals surface area contributed by atoms with Crippen LogP contribution in [0.3, 0.4) is 0 Å². The molecule has 0 bridgehead atoms. The van der Waals surface area contributed by atoms with Crippen molar-refractivity contribution in [3.63, 3.8) is 0 Å². The van der Waals surface area contributed by atoms with E-state index in [-0.39, 0.29) is 27.9 Å². The Morgan fingerprint density at radius 1 is 1.21 bits per heavy atom. The highest BCUT2D eigenvalue weighted by atomic mass is 16.5. The molecule has 0 unspecified atom stereocenters. The number of nitrogens with one attached hydrogen (secondary N) is 1. The molecular formula is C18H16N2O4. The van der Waals surface area contributed by atoms with Gasteiger partial charge in [-0.1, -0.05) is 25.1 Å². The summed E-state index contributed by atoms with van der Waals surface area (Å²) in [5, 5.41) is 9.57. The van der Waals surface area contributed by atoms with Gasteiger partial charge in [0.25, 0.3) is 5.56 Å². The molecule has 0 fully saturated rings. The third-order valence-corrected chi connectivity index (χ3v) is 3.57. The Morgan fingerprint density at radius 2 is 2.00 bits per heavy atom. The summed E-state index contributed by atoms with van der Waals surface area (Å²) in [5.74, 6) is -0.247. The van der Waals surface area contributed by atoms with Gasteiger partial charge in [-0.3, -0.25) is 4.79 Å². The number of rotatable bonds is 5. The van der Waals surface area contributed by atoms with Crippen molar-refractivity contribution in [2.24, 2.45) is 0 Å². The molecule has 122 valence electrons. The van der Waals surface area contributed by atoms with Crippen LogP contribution in [0.1, 0.15) is 23.7 Å². The van der Waals surface area contributed by atoms with Crippen molar-refractivity contribution in [1.29, 1.82) is 0 Å². The van der Waals surface area contributed by atoms with Crippen molar-refractivity contribution in [2.75, 3.05) is 6.61 Å². The lowest BCUT2D eigenvalue weighted by molar-refractivity contribution is 0.0699. The lowest BCUT2D eigenvalue weighted by atomic mass is 10.1. The topological polar surface area (TPSA) is 92.3 Å². The highest BCUT2D eigenvalue weighted by Gasteiger charge is 2.15. The van der Waals surface area contributed by atoms with Crippen LogP contribution in [0.2, 0.25) is 0 Å². The fourth-order valence-corrected chi connectivity index (χ4v) is 2.46. The average molecular weight is 324 g/mol. The van der Waals surface area contributed by atoms with E-state index in [1.54, 1.807) is 24.3 Å². The molecule has 3 rings (SSSR count). The number of carboxylic acids is 1. The summed E-state index contributed by atoms with van der Waals surface area (Å²) in [6.45, 7) is 2.53. The molecule has 0 atom stereocenters. The van der Waals surface area contributed by atoms with Gasteiger partial charge >= 0.3 is 5.97 Å². The van der Waals surface area contributed by atoms with Crippen LogP contribution in [0.15, 0.2) is 47.3 Å². The molecule has 3 aromatic rings. The quantitative estimate of drug-likeness (QED) is 0.752. The Hall–Kier alpha value is -3.15. The number of para-hydroxylation sites is 2. The van der Waals surface area contributed by atoms with E-state index in [2.05, 4.69) is 9.97 Å². The number of aromatic carboxylic acids is 1. The van der Waals surface area contributed by atoms with Crippen LogP contribution >= 0.6 is 0 Å². The van der Waals surface area contributed by atoms with Gasteiger partial charge in [-0.25, -0.2) is 9.78 Å². The van der Waals surface area contributed by atoms with E-state index in [9.17, 15) is 14.7 Å². The Balaban J connectivity index is 2.23. The monoisotopic (exact) mass is 324 g/mol. The number of H-pyrrole nitrogens is 1. The largest absolute Gasteiger partial charge is 0.493 e. The second-order valence-electron chi connectivity index (χ2n) is 5.27. The van der Waals surface area contributed by atoms with Crippen LogP contribution in [0, 0.1) is 0 Å². The van der Waals surface area contributed by atoms with Gasteiger partial charge in [0, 0.05) is 0 Å². The van der Waals surface area contributed by atoms with Gasteiger partial charge in [0.05, 0.1) is 28.6 Å². The predicted octanol–water partition coefficient (Wildman–Crippen LogP) is 3.08. The van der Waals surface area contributed by atoms with E-state index >= 15 is 0 Å². The average Bonchev–Trinajstić information content (AvgIpc) is 2.59. The molecule has 0 saturated heterocycles. The van der Waals surface area contributed by atoms with Crippen molar-refractivity contribution < 1.29 is 14.6 Å². The molecule has 2 aromatic carbocycles. The van der Waals surface area contributed by atoms with Gasteiger partial charge in [-0.15, -0.1) is 0 Å². The molecule has 1 heterocycles. The van der Waals surface area contributed by atoms with Gasteiger partial charge in [0.1, 0.15) is 11.6 Å². The van der Waals surface area contributed by atoms with E-state index in [0.717, 1.165) is 6.42 Å². The van der Waals surface area contributed by atoms with Crippen LogP contribution in [0.5, 0.6) is 5.75 Å². The molecule has 6 heteroatoms. The zero-order chi connectivity index (χ0) is 17.1. The zero-order valence-electron chi connectivity index (χ0n) is 13.1. The van der Waals surface area contributed by atoms with Crippen molar-refractivity contribution in [3.8, 4) is 17.1 Å². The maximum Gasteiger partial charge on any atom is 0.337 e. The van der Waals surface area contributed by atoms with Crippen LogP contribution in [-0.2, 0) is 0 Å².